The number of nitrogens with zero attached hydrogens (tertiary/aromatic N) is 1. The maximum absolute atomic E-state index is 12.0. The third-order valence-electron chi connectivity index (χ3n) is 3.29. The van der Waals surface area contributed by atoms with Crippen LogP contribution in [0.5, 0.6) is 0 Å². The number of nitro groups is 1. The summed E-state index contributed by atoms with van der Waals surface area (Å²) in [5, 5.41) is 16.9. The van der Waals surface area contributed by atoms with Crippen molar-refractivity contribution >= 4 is 24.0 Å². The van der Waals surface area contributed by atoms with Gasteiger partial charge in [-0.2, -0.15) is 0 Å². The number of amides is 1. The highest BCUT2D eigenvalue weighted by atomic mass is 35.5. The lowest BCUT2D eigenvalue weighted by Gasteiger charge is -2.23. The molecule has 6 nitrogen and oxygen atoms in total. The Morgan fingerprint density at radius 3 is 2.80 bits per heavy atom. The van der Waals surface area contributed by atoms with Crippen LogP contribution in [0, 0.1) is 17.0 Å². The lowest BCUT2D eigenvalue weighted by atomic mass is 10.1. The molecule has 1 aliphatic rings. The molecule has 1 amide bonds. The van der Waals surface area contributed by atoms with E-state index in [0.29, 0.717) is 11.1 Å². The molecule has 0 bridgehead atoms. The molecule has 1 aliphatic heterocycles. The van der Waals surface area contributed by atoms with Gasteiger partial charge >= 0.3 is 0 Å². The summed E-state index contributed by atoms with van der Waals surface area (Å²) in [4.78, 5) is 22.3. The third-order valence-corrected chi connectivity index (χ3v) is 3.29. The van der Waals surface area contributed by atoms with E-state index in [1.807, 2.05) is 0 Å². The summed E-state index contributed by atoms with van der Waals surface area (Å²) in [7, 11) is 0. The van der Waals surface area contributed by atoms with Crippen LogP contribution >= 0.6 is 12.4 Å². The topological polar surface area (TPSA) is 84.3 Å². The van der Waals surface area contributed by atoms with Gasteiger partial charge in [-0.1, -0.05) is 0 Å². The molecule has 1 saturated heterocycles. The van der Waals surface area contributed by atoms with Crippen molar-refractivity contribution in [2.45, 2.75) is 25.8 Å². The Morgan fingerprint density at radius 2 is 2.25 bits per heavy atom. The van der Waals surface area contributed by atoms with Crippen LogP contribution in [0.1, 0.15) is 28.8 Å². The molecule has 1 atom stereocenters. The van der Waals surface area contributed by atoms with E-state index in [-0.39, 0.29) is 30.0 Å². The fourth-order valence-electron chi connectivity index (χ4n) is 2.25. The summed E-state index contributed by atoms with van der Waals surface area (Å²) < 4.78 is 0. The minimum Gasteiger partial charge on any atom is -0.348 e. The predicted molar refractivity (Wildman–Crippen MR) is 78.4 cm³/mol. The molecule has 0 saturated carbocycles. The highest BCUT2D eigenvalue weighted by Crippen LogP contribution is 2.18. The zero-order chi connectivity index (χ0) is 13.8. The van der Waals surface area contributed by atoms with Gasteiger partial charge in [-0.3, -0.25) is 14.9 Å². The van der Waals surface area contributed by atoms with Crippen molar-refractivity contribution in [3.63, 3.8) is 0 Å². The average molecular weight is 300 g/mol. The van der Waals surface area contributed by atoms with Crippen molar-refractivity contribution in [2.24, 2.45) is 0 Å². The number of piperidine rings is 1. The summed E-state index contributed by atoms with van der Waals surface area (Å²) in [6.45, 7) is 3.40. The fraction of sp³-hybridized carbons (Fsp3) is 0.462. The Hall–Kier alpha value is -1.66. The molecule has 1 fully saturated rings. The third kappa shape index (κ3) is 3.91. The van der Waals surface area contributed by atoms with Gasteiger partial charge in [0.05, 0.1) is 4.92 Å². The monoisotopic (exact) mass is 299 g/mol. The largest absolute Gasteiger partial charge is 0.348 e. The predicted octanol–water partition coefficient (Wildman–Crippen LogP) is 1.81. The van der Waals surface area contributed by atoms with Gasteiger partial charge in [0, 0.05) is 29.8 Å². The number of rotatable bonds is 3. The maximum Gasteiger partial charge on any atom is 0.272 e. The smallest absolute Gasteiger partial charge is 0.272 e. The second-order valence-electron chi connectivity index (χ2n) is 4.78. The van der Waals surface area contributed by atoms with Gasteiger partial charge in [-0.15, -0.1) is 12.4 Å². The van der Waals surface area contributed by atoms with Crippen LogP contribution in [0.4, 0.5) is 5.69 Å². The zero-order valence-corrected chi connectivity index (χ0v) is 12.0. The van der Waals surface area contributed by atoms with Gasteiger partial charge in [-0.25, -0.2) is 0 Å². The quantitative estimate of drug-likeness (QED) is 0.658. The molecule has 7 heteroatoms. The maximum atomic E-state index is 12.0. The first-order valence-electron chi connectivity index (χ1n) is 6.34. The van der Waals surface area contributed by atoms with Gasteiger partial charge in [0.1, 0.15) is 0 Å². The molecule has 0 aromatic heterocycles. The lowest BCUT2D eigenvalue weighted by molar-refractivity contribution is -0.385. The molecule has 0 aliphatic carbocycles. The second-order valence-corrected chi connectivity index (χ2v) is 4.78. The minimum atomic E-state index is -0.442. The van der Waals surface area contributed by atoms with Crippen molar-refractivity contribution in [1.29, 1.82) is 0 Å². The minimum absolute atomic E-state index is 0. The van der Waals surface area contributed by atoms with E-state index < -0.39 is 4.92 Å². The summed E-state index contributed by atoms with van der Waals surface area (Å²) in [5.74, 6) is -0.174. The standard InChI is InChI=1S/C13H17N3O3.ClH/c1-9-7-10(4-5-12(9)16(18)19)13(17)15-11-3-2-6-14-8-11;/h4-5,7,11,14H,2-3,6,8H2,1H3,(H,15,17);1H/t11-;/m1./s1. The number of carbonyl (C=O) groups is 1. The van der Waals surface area contributed by atoms with E-state index in [2.05, 4.69) is 10.6 Å². The molecule has 1 heterocycles. The fourth-order valence-corrected chi connectivity index (χ4v) is 2.25. The highest BCUT2D eigenvalue weighted by molar-refractivity contribution is 5.94. The molecule has 0 unspecified atom stereocenters. The molecule has 2 rings (SSSR count). The number of nitrogens with one attached hydrogen (secondary N) is 2. The van der Waals surface area contributed by atoms with Crippen LogP contribution in [0.3, 0.4) is 0 Å². The summed E-state index contributed by atoms with van der Waals surface area (Å²) >= 11 is 0. The van der Waals surface area contributed by atoms with E-state index in [1.165, 1.54) is 12.1 Å². The summed E-state index contributed by atoms with van der Waals surface area (Å²) in [5.41, 5.74) is 1.00. The van der Waals surface area contributed by atoms with E-state index >= 15 is 0 Å². The molecule has 0 spiro atoms. The first-order valence-corrected chi connectivity index (χ1v) is 6.34. The Balaban J connectivity index is 0.00000200. The van der Waals surface area contributed by atoms with Crippen molar-refractivity contribution in [2.75, 3.05) is 13.1 Å². The number of nitro benzene ring substituents is 1. The lowest BCUT2D eigenvalue weighted by Crippen LogP contribution is -2.45. The van der Waals surface area contributed by atoms with Crippen LogP contribution in [-0.2, 0) is 0 Å². The molecule has 0 radical (unpaired) electrons. The SMILES string of the molecule is Cc1cc(C(=O)N[C@@H]2CCCNC2)ccc1[N+](=O)[O-].Cl. The number of halogens is 1. The van der Waals surface area contributed by atoms with Gasteiger partial charge in [0.15, 0.2) is 0 Å². The number of hydrogen-bond donors (Lipinski definition) is 2. The molecule has 1 aromatic rings. The van der Waals surface area contributed by atoms with Gasteiger partial charge in [0.25, 0.3) is 11.6 Å². The molecule has 2 N–H and O–H groups in total. The Labute approximate surface area is 123 Å². The molecule has 110 valence electrons. The van der Waals surface area contributed by atoms with E-state index in [9.17, 15) is 14.9 Å². The van der Waals surface area contributed by atoms with Crippen molar-refractivity contribution < 1.29 is 9.72 Å². The van der Waals surface area contributed by atoms with Gasteiger partial charge in [0.2, 0.25) is 0 Å². The summed E-state index contributed by atoms with van der Waals surface area (Å²) in [6.07, 6.45) is 2.01. The van der Waals surface area contributed by atoms with Crippen molar-refractivity contribution in [3.05, 3.63) is 39.4 Å². The van der Waals surface area contributed by atoms with Crippen LogP contribution in [0.15, 0.2) is 18.2 Å². The number of aryl methyl sites for hydroxylation is 1. The normalized spacial score (nSPS) is 17.9. The van der Waals surface area contributed by atoms with E-state index in [1.54, 1.807) is 13.0 Å². The Morgan fingerprint density at radius 1 is 1.50 bits per heavy atom. The summed E-state index contributed by atoms with van der Waals surface area (Å²) in [6, 6.07) is 4.57. The van der Waals surface area contributed by atoms with Crippen LogP contribution in [0.2, 0.25) is 0 Å². The van der Waals surface area contributed by atoms with E-state index in [4.69, 9.17) is 0 Å². The molecular weight excluding hydrogens is 282 g/mol. The van der Waals surface area contributed by atoms with Crippen molar-refractivity contribution in [3.8, 4) is 0 Å². The first kappa shape index (κ1) is 16.4. The van der Waals surface area contributed by atoms with Crippen LogP contribution < -0.4 is 10.6 Å². The average Bonchev–Trinajstić information content (AvgIpc) is 2.39. The second kappa shape index (κ2) is 7.21. The zero-order valence-electron chi connectivity index (χ0n) is 11.2. The van der Waals surface area contributed by atoms with E-state index in [0.717, 1.165) is 25.9 Å². The first-order chi connectivity index (χ1) is 9.08. The Kier molecular flexibility index (Phi) is 5.91. The molecule has 1 aromatic carbocycles. The molecular formula is C13H18ClN3O3. The number of benzene rings is 1. The highest BCUT2D eigenvalue weighted by Gasteiger charge is 2.18. The van der Waals surface area contributed by atoms with Crippen LogP contribution in [0.25, 0.3) is 0 Å². The van der Waals surface area contributed by atoms with Gasteiger partial charge < -0.3 is 10.6 Å². The van der Waals surface area contributed by atoms with Crippen LogP contribution in [-0.4, -0.2) is 30.0 Å². The van der Waals surface area contributed by atoms with Gasteiger partial charge in [-0.05, 0) is 38.4 Å². The number of hydrogen-bond acceptors (Lipinski definition) is 4. The number of carbonyl (C=O) groups excluding carboxylic acids is 1. The molecule has 20 heavy (non-hydrogen) atoms. The van der Waals surface area contributed by atoms with Crippen molar-refractivity contribution in [1.82, 2.24) is 10.6 Å². The Bertz CT molecular complexity index is 502.